The van der Waals surface area contributed by atoms with Crippen molar-refractivity contribution < 1.29 is 9.90 Å². The molecule has 0 aliphatic rings. The van der Waals surface area contributed by atoms with Crippen LogP contribution >= 0.6 is 0 Å². The summed E-state index contributed by atoms with van der Waals surface area (Å²) in [7, 11) is 0. The molecule has 8 heteroatoms. The summed E-state index contributed by atoms with van der Waals surface area (Å²) in [6.07, 6.45) is 0.505. The van der Waals surface area contributed by atoms with E-state index in [9.17, 15) is 9.90 Å². The summed E-state index contributed by atoms with van der Waals surface area (Å²) in [5.74, 6) is 0.555. The fourth-order valence-corrected chi connectivity index (χ4v) is 2.27. The van der Waals surface area contributed by atoms with Gasteiger partial charge >= 0.3 is 0 Å². The van der Waals surface area contributed by atoms with Gasteiger partial charge in [0.25, 0.3) is 0 Å². The molecule has 2 heterocycles. The van der Waals surface area contributed by atoms with Gasteiger partial charge in [0.05, 0.1) is 24.3 Å². The van der Waals surface area contributed by atoms with Gasteiger partial charge in [0.15, 0.2) is 5.82 Å². The number of nitrogens with zero attached hydrogens (tertiary/aromatic N) is 4. The monoisotopic (exact) mass is 306 g/mol. The van der Waals surface area contributed by atoms with Crippen molar-refractivity contribution in [2.45, 2.75) is 52.7 Å². The van der Waals surface area contributed by atoms with Gasteiger partial charge in [-0.15, -0.1) is 0 Å². The third kappa shape index (κ3) is 3.91. The van der Waals surface area contributed by atoms with Gasteiger partial charge in [0.2, 0.25) is 5.91 Å². The molecule has 2 aromatic heterocycles. The zero-order valence-corrected chi connectivity index (χ0v) is 13.3. The molecule has 2 aromatic rings. The number of carbonyl (C=O) groups is 1. The van der Waals surface area contributed by atoms with E-state index in [1.807, 2.05) is 13.8 Å². The maximum absolute atomic E-state index is 11.1. The van der Waals surface area contributed by atoms with Crippen molar-refractivity contribution in [3.05, 3.63) is 28.6 Å². The Kier molecular flexibility index (Phi) is 4.32. The summed E-state index contributed by atoms with van der Waals surface area (Å²) in [5.41, 5.74) is 7.16. The van der Waals surface area contributed by atoms with Gasteiger partial charge in [-0.1, -0.05) is 0 Å². The van der Waals surface area contributed by atoms with E-state index in [0.29, 0.717) is 18.1 Å². The Morgan fingerprint density at radius 3 is 2.59 bits per heavy atom. The van der Waals surface area contributed by atoms with Gasteiger partial charge in [-0.2, -0.15) is 10.2 Å². The number of carbonyl (C=O) groups excluding carboxylic acids is 1. The van der Waals surface area contributed by atoms with Crippen LogP contribution < -0.4 is 5.73 Å². The SMILES string of the molecule is Cc1n[nH]c(C)c1Cc1nc(CC(N)=O)nn1CC(C)(C)O. The van der Waals surface area contributed by atoms with E-state index in [4.69, 9.17) is 5.73 Å². The fourth-order valence-electron chi connectivity index (χ4n) is 2.27. The number of amides is 1. The molecule has 8 nitrogen and oxygen atoms in total. The van der Waals surface area contributed by atoms with E-state index >= 15 is 0 Å². The molecule has 22 heavy (non-hydrogen) atoms. The molecule has 0 radical (unpaired) electrons. The van der Waals surface area contributed by atoms with Gasteiger partial charge in [-0.3, -0.25) is 9.89 Å². The van der Waals surface area contributed by atoms with Crippen LogP contribution in [0.5, 0.6) is 0 Å². The molecule has 120 valence electrons. The zero-order chi connectivity index (χ0) is 16.5. The Morgan fingerprint density at radius 2 is 2.09 bits per heavy atom. The predicted octanol–water partition coefficient (Wildman–Crippen LogP) is 0.00754. The molecule has 0 saturated carbocycles. The number of aromatic nitrogens is 5. The number of rotatable bonds is 6. The second kappa shape index (κ2) is 5.88. The third-order valence-corrected chi connectivity index (χ3v) is 3.28. The minimum atomic E-state index is -0.938. The number of nitrogens with two attached hydrogens (primary N) is 1. The number of primary amides is 1. The van der Waals surface area contributed by atoms with Crippen LogP contribution in [0.3, 0.4) is 0 Å². The van der Waals surface area contributed by atoms with Gasteiger partial charge in [0.1, 0.15) is 5.82 Å². The Hall–Kier alpha value is -2.22. The third-order valence-electron chi connectivity index (χ3n) is 3.28. The molecule has 0 aromatic carbocycles. The van der Waals surface area contributed by atoms with E-state index in [1.54, 1.807) is 18.5 Å². The zero-order valence-electron chi connectivity index (χ0n) is 13.3. The fraction of sp³-hybridized carbons (Fsp3) is 0.571. The molecule has 0 atom stereocenters. The highest BCUT2D eigenvalue weighted by molar-refractivity contribution is 5.75. The molecule has 0 aliphatic carbocycles. The van der Waals surface area contributed by atoms with Crippen molar-refractivity contribution in [2.24, 2.45) is 5.73 Å². The van der Waals surface area contributed by atoms with Crippen LogP contribution in [0.25, 0.3) is 0 Å². The van der Waals surface area contributed by atoms with Crippen molar-refractivity contribution in [3.63, 3.8) is 0 Å². The molecule has 0 spiro atoms. The maximum Gasteiger partial charge on any atom is 0.225 e. The van der Waals surface area contributed by atoms with Crippen LogP contribution in [-0.4, -0.2) is 41.6 Å². The molecule has 4 N–H and O–H groups in total. The number of aliphatic hydroxyl groups is 1. The van der Waals surface area contributed by atoms with Crippen molar-refractivity contribution in [3.8, 4) is 0 Å². The van der Waals surface area contributed by atoms with E-state index in [0.717, 1.165) is 17.0 Å². The van der Waals surface area contributed by atoms with Crippen LogP contribution in [0.4, 0.5) is 0 Å². The Morgan fingerprint density at radius 1 is 1.41 bits per heavy atom. The minimum absolute atomic E-state index is 0.0186. The lowest BCUT2D eigenvalue weighted by Gasteiger charge is -2.18. The highest BCUT2D eigenvalue weighted by Crippen LogP contribution is 2.16. The first-order chi connectivity index (χ1) is 10.2. The molecule has 0 unspecified atom stereocenters. The van der Waals surface area contributed by atoms with E-state index in [2.05, 4.69) is 20.3 Å². The minimum Gasteiger partial charge on any atom is -0.389 e. The largest absolute Gasteiger partial charge is 0.389 e. The summed E-state index contributed by atoms with van der Waals surface area (Å²) in [4.78, 5) is 15.5. The smallest absolute Gasteiger partial charge is 0.225 e. The molecule has 1 amide bonds. The summed E-state index contributed by atoms with van der Waals surface area (Å²) in [6.45, 7) is 7.53. The van der Waals surface area contributed by atoms with Crippen LogP contribution in [0, 0.1) is 13.8 Å². The Bertz CT molecular complexity index is 661. The topological polar surface area (TPSA) is 123 Å². The standard InChI is InChI=1S/C14H22N6O2/c1-8-10(9(2)18-17-8)5-13-16-12(6-11(15)21)19-20(13)7-14(3,4)22/h22H,5-7H2,1-4H3,(H2,15,21)(H,17,18). The van der Waals surface area contributed by atoms with Crippen molar-refractivity contribution in [1.82, 2.24) is 25.0 Å². The predicted molar refractivity (Wildman–Crippen MR) is 80.1 cm³/mol. The van der Waals surface area contributed by atoms with Crippen LogP contribution in [0.1, 0.15) is 42.4 Å². The van der Waals surface area contributed by atoms with Gasteiger partial charge in [-0.25, -0.2) is 9.67 Å². The molecule has 2 rings (SSSR count). The molecule has 0 bridgehead atoms. The molecule has 0 saturated heterocycles. The first kappa shape index (κ1) is 16.2. The summed E-state index contributed by atoms with van der Waals surface area (Å²) in [5, 5.41) is 21.4. The number of nitrogens with one attached hydrogen (secondary N) is 1. The number of hydrogen-bond acceptors (Lipinski definition) is 5. The highest BCUT2D eigenvalue weighted by atomic mass is 16.3. The first-order valence-corrected chi connectivity index (χ1v) is 7.09. The lowest BCUT2D eigenvalue weighted by atomic mass is 10.1. The van der Waals surface area contributed by atoms with Crippen LogP contribution in [0.2, 0.25) is 0 Å². The second-order valence-corrected chi connectivity index (χ2v) is 6.15. The average Bonchev–Trinajstić information content (AvgIpc) is 2.85. The molecular weight excluding hydrogens is 284 g/mol. The lowest BCUT2D eigenvalue weighted by molar-refractivity contribution is -0.117. The average molecular weight is 306 g/mol. The number of aromatic amines is 1. The van der Waals surface area contributed by atoms with E-state index < -0.39 is 11.5 Å². The van der Waals surface area contributed by atoms with Crippen LogP contribution in [0.15, 0.2) is 0 Å². The lowest BCUT2D eigenvalue weighted by Crippen LogP contribution is -2.28. The number of aryl methyl sites for hydroxylation is 2. The van der Waals surface area contributed by atoms with Gasteiger partial charge in [-0.05, 0) is 27.7 Å². The summed E-state index contributed by atoms with van der Waals surface area (Å²) < 4.78 is 1.63. The van der Waals surface area contributed by atoms with E-state index in [1.165, 1.54) is 0 Å². The summed E-state index contributed by atoms with van der Waals surface area (Å²) in [6, 6.07) is 0. The van der Waals surface area contributed by atoms with Crippen LogP contribution in [-0.2, 0) is 24.2 Å². The number of H-pyrrole nitrogens is 1. The highest BCUT2D eigenvalue weighted by Gasteiger charge is 2.20. The number of hydrogen-bond donors (Lipinski definition) is 3. The maximum atomic E-state index is 11.1. The quantitative estimate of drug-likeness (QED) is 0.693. The molecule has 0 aliphatic heterocycles. The Balaban J connectivity index is 2.35. The van der Waals surface area contributed by atoms with Crippen molar-refractivity contribution in [1.29, 1.82) is 0 Å². The molecule has 0 fully saturated rings. The van der Waals surface area contributed by atoms with Gasteiger partial charge < -0.3 is 10.8 Å². The second-order valence-electron chi connectivity index (χ2n) is 6.15. The summed E-state index contributed by atoms with van der Waals surface area (Å²) >= 11 is 0. The van der Waals surface area contributed by atoms with E-state index in [-0.39, 0.29) is 13.0 Å². The van der Waals surface area contributed by atoms with Gasteiger partial charge in [0, 0.05) is 17.7 Å². The van der Waals surface area contributed by atoms with Crippen molar-refractivity contribution in [2.75, 3.05) is 0 Å². The first-order valence-electron chi connectivity index (χ1n) is 7.09. The molecular formula is C14H22N6O2. The van der Waals surface area contributed by atoms with Crippen molar-refractivity contribution >= 4 is 5.91 Å². The Labute approximate surface area is 128 Å². The normalized spacial score (nSPS) is 11.9.